The lowest BCUT2D eigenvalue weighted by atomic mass is 10.2. The van der Waals surface area contributed by atoms with E-state index >= 15 is 0 Å². The summed E-state index contributed by atoms with van der Waals surface area (Å²) >= 11 is 4.56. The molecule has 0 aliphatic rings. The third-order valence-corrected chi connectivity index (χ3v) is 4.39. The Morgan fingerprint density at radius 2 is 2.20 bits per heavy atom. The molecule has 0 unspecified atom stereocenters. The van der Waals surface area contributed by atoms with Gasteiger partial charge in [0.1, 0.15) is 15.6 Å². The standard InChI is InChI=1S/C13H12BrNO4S/c1-18-6-10-11(13(16)17)20-12(15-10)8-5-7(19-2)3-4-9(8)14/h3-5H,6H2,1-2H3,(H,16,17). The molecule has 0 aliphatic carbocycles. The van der Waals surface area contributed by atoms with Crippen LogP contribution in [0.4, 0.5) is 0 Å². The number of hydrogen-bond donors (Lipinski definition) is 1. The van der Waals surface area contributed by atoms with Gasteiger partial charge in [-0.1, -0.05) is 15.9 Å². The molecule has 0 spiro atoms. The van der Waals surface area contributed by atoms with E-state index in [1.165, 1.54) is 7.11 Å². The van der Waals surface area contributed by atoms with Crippen LogP contribution < -0.4 is 4.74 Å². The van der Waals surface area contributed by atoms with E-state index in [4.69, 9.17) is 9.47 Å². The molecule has 20 heavy (non-hydrogen) atoms. The molecule has 2 rings (SSSR count). The second-order valence-corrected chi connectivity index (χ2v) is 5.73. The molecule has 106 valence electrons. The molecule has 1 N–H and O–H groups in total. The van der Waals surface area contributed by atoms with Crippen LogP contribution in [-0.4, -0.2) is 30.3 Å². The third-order valence-electron chi connectivity index (χ3n) is 2.58. The monoisotopic (exact) mass is 357 g/mol. The van der Waals surface area contributed by atoms with E-state index < -0.39 is 5.97 Å². The van der Waals surface area contributed by atoms with Crippen molar-refractivity contribution in [3.63, 3.8) is 0 Å². The molecule has 1 aromatic heterocycles. The van der Waals surface area contributed by atoms with Crippen molar-refractivity contribution in [3.8, 4) is 16.3 Å². The number of hydrogen-bond acceptors (Lipinski definition) is 5. The van der Waals surface area contributed by atoms with Crippen LogP contribution in [0.3, 0.4) is 0 Å². The van der Waals surface area contributed by atoms with Crippen molar-refractivity contribution < 1.29 is 19.4 Å². The van der Waals surface area contributed by atoms with E-state index in [-0.39, 0.29) is 11.5 Å². The summed E-state index contributed by atoms with van der Waals surface area (Å²) in [6.45, 7) is 0.166. The van der Waals surface area contributed by atoms with Gasteiger partial charge in [0.05, 0.1) is 19.4 Å². The van der Waals surface area contributed by atoms with E-state index in [0.29, 0.717) is 16.5 Å². The third kappa shape index (κ3) is 3.00. The molecule has 0 aliphatic heterocycles. The average molecular weight is 358 g/mol. The van der Waals surface area contributed by atoms with E-state index in [2.05, 4.69) is 20.9 Å². The largest absolute Gasteiger partial charge is 0.497 e. The fraction of sp³-hybridized carbons (Fsp3) is 0.231. The lowest BCUT2D eigenvalue weighted by Crippen LogP contribution is -1.99. The van der Waals surface area contributed by atoms with Gasteiger partial charge in [-0.05, 0) is 18.2 Å². The molecular weight excluding hydrogens is 346 g/mol. The number of benzene rings is 1. The minimum absolute atomic E-state index is 0.166. The maximum atomic E-state index is 11.2. The van der Waals surface area contributed by atoms with Crippen molar-refractivity contribution >= 4 is 33.2 Å². The minimum atomic E-state index is -1.00. The van der Waals surface area contributed by atoms with Gasteiger partial charge in [-0.2, -0.15) is 0 Å². The van der Waals surface area contributed by atoms with Gasteiger partial charge >= 0.3 is 5.97 Å². The van der Waals surface area contributed by atoms with Gasteiger partial charge in [0, 0.05) is 17.1 Å². The Morgan fingerprint density at radius 1 is 1.45 bits per heavy atom. The molecule has 0 bridgehead atoms. The molecule has 1 aromatic carbocycles. The first-order valence-corrected chi connectivity index (χ1v) is 7.23. The van der Waals surface area contributed by atoms with Gasteiger partial charge in [0.15, 0.2) is 0 Å². The van der Waals surface area contributed by atoms with Gasteiger partial charge < -0.3 is 14.6 Å². The predicted octanol–water partition coefficient (Wildman–Crippen LogP) is 3.43. The van der Waals surface area contributed by atoms with Gasteiger partial charge in [-0.15, -0.1) is 11.3 Å². The summed E-state index contributed by atoms with van der Waals surface area (Å²) < 4.78 is 11.0. The van der Waals surface area contributed by atoms with Crippen molar-refractivity contribution in [2.75, 3.05) is 14.2 Å². The lowest BCUT2D eigenvalue weighted by Gasteiger charge is -2.04. The minimum Gasteiger partial charge on any atom is -0.497 e. The SMILES string of the molecule is COCc1nc(-c2cc(OC)ccc2Br)sc1C(=O)O. The molecule has 5 nitrogen and oxygen atoms in total. The maximum absolute atomic E-state index is 11.2. The quantitative estimate of drug-likeness (QED) is 0.887. The number of methoxy groups -OCH3 is 2. The van der Waals surface area contributed by atoms with E-state index in [1.54, 1.807) is 7.11 Å². The molecule has 2 aromatic rings. The Morgan fingerprint density at radius 3 is 2.80 bits per heavy atom. The summed E-state index contributed by atoms with van der Waals surface area (Å²) in [6, 6.07) is 5.46. The van der Waals surface area contributed by atoms with E-state index in [9.17, 15) is 9.90 Å². The fourth-order valence-electron chi connectivity index (χ4n) is 1.66. The molecular formula is C13H12BrNO4S. The zero-order chi connectivity index (χ0) is 14.7. The summed E-state index contributed by atoms with van der Waals surface area (Å²) in [5, 5.41) is 9.81. The number of carbonyl (C=O) groups is 1. The van der Waals surface area contributed by atoms with Gasteiger partial charge in [-0.25, -0.2) is 9.78 Å². The van der Waals surface area contributed by atoms with Crippen LogP contribution in [0.25, 0.3) is 10.6 Å². The number of halogens is 1. The zero-order valence-corrected chi connectivity index (χ0v) is 13.2. The van der Waals surface area contributed by atoms with Crippen molar-refractivity contribution in [1.82, 2.24) is 4.98 Å². The number of aromatic nitrogens is 1. The highest BCUT2D eigenvalue weighted by molar-refractivity contribution is 9.10. The lowest BCUT2D eigenvalue weighted by molar-refractivity contribution is 0.0697. The molecule has 0 radical (unpaired) electrons. The van der Waals surface area contributed by atoms with Crippen LogP contribution in [0.2, 0.25) is 0 Å². The zero-order valence-electron chi connectivity index (χ0n) is 10.8. The van der Waals surface area contributed by atoms with Gasteiger partial charge in [-0.3, -0.25) is 0 Å². The Bertz CT molecular complexity index is 641. The topological polar surface area (TPSA) is 68.7 Å². The van der Waals surface area contributed by atoms with Crippen molar-refractivity contribution in [2.24, 2.45) is 0 Å². The summed E-state index contributed by atoms with van der Waals surface area (Å²) in [6.07, 6.45) is 0. The predicted molar refractivity (Wildman–Crippen MR) is 79.5 cm³/mol. The smallest absolute Gasteiger partial charge is 0.347 e. The maximum Gasteiger partial charge on any atom is 0.347 e. The number of carboxylic acid groups (broad SMARTS) is 1. The first-order valence-electron chi connectivity index (χ1n) is 5.62. The van der Waals surface area contributed by atoms with Gasteiger partial charge in [0.25, 0.3) is 0 Å². The summed E-state index contributed by atoms with van der Waals surface area (Å²) in [7, 11) is 3.08. The molecule has 0 saturated carbocycles. The number of carboxylic acids is 1. The number of ether oxygens (including phenoxy) is 2. The van der Waals surface area contributed by atoms with Crippen LogP contribution in [0.15, 0.2) is 22.7 Å². The molecule has 0 atom stereocenters. The second-order valence-electron chi connectivity index (χ2n) is 3.88. The molecule has 7 heteroatoms. The number of aromatic carboxylic acids is 1. The molecule has 1 heterocycles. The molecule has 0 amide bonds. The first kappa shape index (κ1) is 15.0. The van der Waals surface area contributed by atoms with Crippen molar-refractivity contribution in [2.45, 2.75) is 6.61 Å². The molecule has 0 fully saturated rings. The molecule has 0 saturated heterocycles. The highest BCUT2D eigenvalue weighted by Crippen LogP contribution is 2.35. The van der Waals surface area contributed by atoms with Crippen LogP contribution in [0.5, 0.6) is 5.75 Å². The van der Waals surface area contributed by atoms with Gasteiger partial charge in [0.2, 0.25) is 0 Å². The highest BCUT2D eigenvalue weighted by Gasteiger charge is 2.19. The van der Waals surface area contributed by atoms with Crippen LogP contribution >= 0.6 is 27.3 Å². The summed E-state index contributed by atoms with van der Waals surface area (Å²) in [5.41, 5.74) is 1.22. The average Bonchev–Trinajstić information content (AvgIpc) is 2.84. The number of thiazole rings is 1. The van der Waals surface area contributed by atoms with Crippen LogP contribution in [-0.2, 0) is 11.3 Å². The Kier molecular flexibility index (Phi) is 4.74. The van der Waals surface area contributed by atoms with E-state index in [0.717, 1.165) is 21.4 Å². The van der Waals surface area contributed by atoms with Crippen molar-refractivity contribution in [1.29, 1.82) is 0 Å². The Balaban J connectivity index is 2.52. The normalized spacial score (nSPS) is 10.6. The van der Waals surface area contributed by atoms with Crippen LogP contribution in [0, 0.1) is 0 Å². The Hall–Kier alpha value is -1.44. The summed E-state index contributed by atoms with van der Waals surface area (Å²) in [5.74, 6) is -0.316. The second kappa shape index (κ2) is 6.34. The first-order chi connectivity index (χ1) is 9.56. The highest BCUT2D eigenvalue weighted by atomic mass is 79.9. The van der Waals surface area contributed by atoms with Crippen LogP contribution in [0.1, 0.15) is 15.4 Å². The van der Waals surface area contributed by atoms with Crippen molar-refractivity contribution in [3.05, 3.63) is 33.2 Å². The number of rotatable bonds is 5. The Labute approximate surface area is 128 Å². The van der Waals surface area contributed by atoms with E-state index in [1.807, 2.05) is 18.2 Å². The fourth-order valence-corrected chi connectivity index (χ4v) is 3.17. The number of nitrogens with zero attached hydrogens (tertiary/aromatic N) is 1. The summed E-state index contributed by atoms with van der Waals surface area (Å²) in [4.78, 5) is 15.8.